The Kier molecular flexibility index (Phi) is 4.74. The minimum atomic E-state index is 1.62. The van der Waals surface area contributed by atoms with Crippen molar-refractivity contribution in [2.45, 2.75) is 6.92 Å². The molecule has 0 radical (unpaired) electrons. The van der Waals surface area contributed by atoms with Crippen molar-refractivity contribution in [2.24, 2.45) is 0 Å². The third-order valence-corrected chi connectivity index (χ3v) is 0.518. The molecule has 0 aliphatic carbocycles. The number of allylic oxidation sites excluding steroid dienone is 3. The predicted octanol–water partition coefficient (Wildman–Crippen LogP) is 1.72. The van der Waals surface area contributed by atoms with Crippen molar-refractivity contribution in [3.8, 4) is 0 Å². The van der Waals surface area contributed by atoms with E-state index in [0.717, 1.165) is 0 Å². The minimum absolute atomic E-state index is 1.62. The molecule has 0 rings (SSSR count). The Morgan fingerprint density at radius 1 is 1.29 bits per heavy atom. The summed E-state index contributed by atoms with van der Waals surface area (Å²) in [5.41, 5.74) is 0. The van der Waals surface area contributed by atoms with Gasteiger partial charge in [-0.2, -0.15) is 0 Å². The molecule has 0 atom stereocenters. The van der Waals surface area contributed by atoms with Crippen LogP contribution in [0.3, 0.4) is 0 Å². The normalized spacial score (nSPS) is 11.1. The number of methoxy groups -OCH3 is 1. The summed E-state index contributed by atoms with van der Waals surface area (Å²) < 4.78 is 4.61. The highest BCUT2D eigenvalue weighted by Gasteiger charge is 1.55. The van der Waals surface area contributed by atoms with E-state index in [1.807, 2.05) is 25.2 Å². The minimum Gasteiger partial charge on any atom is -0.504 e. The molecule has 0 aromatic rings. The van der Waals surface area contributed by atoms with Gasteiger partial charge in [0.25, 0.3) is 0 Å². The van der Waals surface area contributed by atoms with Crippen molar-refractivity contribution in [3.05, 3.63) is 24.5 Å². The maximum Gasteiger partial charge on any atom is 0.0824 e. The molecule has 0 unspecified atom stereocenters. The zero-order valence-corrected chi connectivity index (χ0v) is 4.72. The Morgan fingerprint density at radius 3 is 2.43 bits per heavy atom. The van der Waals surface area contributed by atoms with Crippen LogP contribution in [0.1, 0.15) is 6.92 Å². The standard InChI is InChI=1S/C6H10O/c1-3-4-5-6-7-2/h3-6H,1-2H3/b4-3?,6-5+. The summed E-state index contributed by atoms with van der Waals surface area (Å²) in [4.78, 5) is 0. The van der Waals surface area contributed by atoms with Gasteiger partial charge >= 0.3 is 0 Å². The fraction of sp³-hybridized carbons (Fsp3) is 0.333. The van der Waals surface area contributed by atoms with Gasteiger partial charge in [0.1, 0.15) is 0 Å². The first-order valence-corrected chi connectivity index (χ1v) is 2.22. The molecule has 0 bridgehead atoms. The summed E-state index contributed by atoms with van der Waals surface area (Å²) in [6.07, 6.45) is 7.30. The third-order valence-electron chi connectivity index (χ3n) is 0.518. The summed E-state index contributed by atoms with van der Waals surface area (Å²) >= 11 is 0. The molecule has 0 amide bonds. The van der Waals surface area contributed by atoms with Crippen LogP contribution in [-0.2, 0) is 4.74 Å². The van der Waals surface area contributed by atoms with Crippen LogP contribution in [0.2, 0.25) is 0 Å². The Balaban J connectivity index is 3.09. The van der Waals surface area contributed by atoms with E-state index in [-0.39, 0.29) is 0 Å². The van der Waals surface area contributed by atoms with Crippen molar-refractivity contribution >= 4 is 0 Å². The summed E-state index contributed by atoms with van der Waals surface area (Å²) in [7, 11) is 1.62. The first kappa shape index (κ1) is 6.28. The molecule has 0 heterocycles. The van der Waals surface area contributed by atoms with Crippen molar-refractivity contribution in [3.63, 3.8) is 0 Å². The van der Waals surface area contributed by atoms with Crippen LogP contribution in [0.5, 0.6) is 0 Å². The topological polar surface area (TPSA) is 9.23 Å². The number of rotatable bonds is 2. The van der Waals surface area contributed by atoms with E-state index in [4.69, 9.17) is 0 Å². The van der Waals surface area contributed by atoms with Crippen LogP contribution in [0, 0.1) is 0 Å². The molecule has 0 aromatic heterocycles. The average Bonchev–Trinajstić information content (AvgIpc) is 1.69. The highest BCUT2D eigenvalue weighted by atomic mass is 16.5. The average molecular weight is 98.1 g/mol. The van der Waals surface area contributed by atoms with Gasteiger partial charge in [-0.3, -0.25) is 0 Å². The molecule has 0 fully saturated rings. The lowest BCUT2D eigenvalue weighted by Crippen LogP contribution is -1.59. The second-order valence-electron chi connectivity index (χ2n) is 1.09. The second kappa shape index (κ2) is 5.28. The molecular formula is C6H10O. The van der Waals surface area contributed by atoms with Crippen molar-refractivity contribution in [1.82, 2.24) is 0 Å². The van der Waals surface area contributed by atoms with Gasteiger partial charge in [0.2, 0.25) is 0 Å². The van der Waals surface area contributed by atoms with E-state index in [9.17, 15) is 0 Å². The van der Waals surface area contributed by atoms with E-state index in [2.05, 4.69) is 4.74 Å². The van der Waals surface area contributed by atoms with Crippen molar-refractivity contribution in [2.75, 3.05) is 7.11 Å². The Hall–Kier alpha value is -0.720. The van der Waals surface area contributed by atoms with E-state index >= 15 is 0 Å². The molecule has 1 nitrogen and oxygen atoms in total. The van der Waals surface area contributed by atoms with Crippen LogP contribution >= 0.6 is 0 Å². The molecule has 0 spiro atoms. The van der Waals surface area contributed by atoms with E-state index in [1.165, 1.54) is 0 Å². The molecule has 0 aliphatic heterocycles. The van der Waals surface area contributed by atoms with Crippen molar-refractivity contribution in [1.29, 1.82) is 0 Å². The zero-order valence-electron chi connectivity index (χ0n) is 4.72. The lowest BCUT2D eigenvalue weighted by Gasteiger charge is -1.78. The van der Waals surface area contributed by atoms with Crippen LogP contribution < -0.4 is 0 Å². The van der Waals surface area contributed by atoms with Gasteiger partial charge in [-0.15, -0.1) is 0 Å². The van der Waals surface area contributed by atoms with Gasteiger partial charge < -0.3 is 4.74 Å². The molecule has 0 saturated heterocycles. The van der Waals surface area contributed by atoms with Crippen LogP contribution in [-0.4, -0.2) is 7.11 Å². The lowest BCUT2D eigenvalue weighted by atomic mass is 10.5. The van der Waals surface area contributed by atoms with E-state index in [1.54, 1.807) is 13.4 Å². The van der Waals surface area contributed by atoms with Crippen LogP contribution in [0.4, 0.5) is 0 Å². The molecule has 7 heavy (non-hydrogen) atoms. The summed E-state index contributed by atoms with van der Waals surface area (Å²) in [6, 6.07) is 0. The highest BCUT2D eigenvalue weighted by Crippen LogP contribution is 1.74. The van der Waals surface area contributed by atoms with Crippen molar-refractivity contribution < 1.29 is 4.74 Å². The van der Waals surface area contributed by atoms with E-state index < -0.39 is 0 Å². The molecular weight excluding hydrogens is 88.1 g/mol. The first-order chi connectivity index (χ1) is 3.41. The van der Waals surface area contributed by atoms with Crippen LogP contribution in [0.15, 0.2) is 24.5 Å². The monoisotopic (exact) mass is 98.1 g/mol. The third kappa shape index (κ3) is 5.28. The molecule has 40 valence electrons. The van der Waals surface area contributed by atoms with Gasteiger partial charge in [0, 0.05) is 0 Å². The zero-order chi connectivity index (χ0) is 5.54. The number of hydrogen-bond acceptors (Lipinski definition) is 1. The second-order valence-corrected chi connectivity index (χ2v) is 1.09. The summed E-state index contributed by atoms with van der Waals surface area (Å²) in [5.74, 6) is 0. The molecule has 0 aromatic carbocycles. The highest BCUT2D eigenvalue weighted by molar-refractivity contribution is 4.97. The number of hydrogen-bond donors (Lipinski definition) is 0. The predicted molar refractivity (Wildman–Crippen MR) is 31.0 cm³/mol. The summed E-state index contributed by atoms with van der Waals surface area (Å²) in [5, 5.41) is 0. The Labute approximate surface area is 44.3 Å². The Bertz CT molecular complexity index is 72.2. The quantitative estimate of drug-likeness (QED) is 0.377. The summed E-state index contributed by atoms with van der Waals surface area (Å²) in [6.45, 7) is 1.96. The molecule has 0 N–H and O–H groups in total. The molecule has 0 saturated carbocycles. The lowest BCUT2D eigenvalue weighted by molar-refractivity contribution is 0.338. The van der Waals surface area contributed by atoms with Gasteiger partial charge in [-0.1, -0.05) is 12.2 Å². The van der Waals surface area contributed by atoms with Crippen LogP contribution in [0.25, 0.3) is 0 Å². The maximum absolute atomic E-state index is 4.61. The SMILES string of the molecule is CC=C/C=C/OC. The number of ether oxygens (including phenoxy) is 1. The maximum atomic E-state index is 4.61. The first-order valence-electron chi connectivity index (χ1n) is 2.22. The van der Waals surface area contributed by atoms with Gasteiger partial charge in [0.15, 0.2) is 0 Å². The largest absolute Gasteiger partial charge is 0.504 e. The molecule has 1 heteroatoms. The van der Waals surface area contributed by atoms with E-state index in [0.29, 0.717) is 0 Å². The fourth-order valence-electron chi connectivity index (χ4n) is 0.235. The van der Waals surface area contributed by atoms with Gasteiger partial charge in [-0.05, 0) is 13.0 Å². The fourth-order valence-corrected chi connectivity index (χ4v) is 0.235. The Morgan fingerprint density at radius 2 is 2.00 bits per heavy atom. The van der Waals surface area contributed by atoms with Gasteiger partial charge in [-0.25, -0.2) is 0 Å². The van der Waals surface area contributed by atoms with Gasteiger partial charge in [0.05, 0.1) is 13.4 Å². The smallest absolute Gasteiger partial charge is 0.0824 e. The molecule has 0 aliphatic rings.